The maximum atomic E-state index is 9.99. The molecule has 1 aliphatic heterocycles. The predicted molar refractivity (Wildman–Crippen MR) is 31.5 cm³/mol. The highest BCUT2D eigenvalue weighted by atomic mass is 32.2. The van der Waals surface area contributed by atoms with E-state index in [9.17, 15) is 4.79 Å². The number of thioether (sulfide) groups is 1. The number of carbonyl (C=O) groups excluding carboxylic acids is 1. The van der Waals surface area contributed by atoms with Crippen LogP contribution in [0.2, 0.25) is 0 Å². The Morgan fingerprint density at radius 3 is 2.86 bits per heavy atom. The number of carbonyl (C=O) groups is 1. The van der Waals surface area contributed by atoms with Crippen LogP contribution in [0.4, 0.5) is 0 Å². The molecule has 1 fully saturated rings. The number of rotatable bonds is 1. The molecule has 1 heterocycles. The molecule has 0 bridgehead atoms. The van der Waals surface area contributed by atoms with E-state index in [2.05, 4.69) is 0 Å². The van der Waals surface area contributed by atoms with Gasteiger partial charge in [0.25, 0.3) is 0 Å². The lowest BCUT2D eigenvalue weighted by atomic mass is 10.2. The molecule has 0 amide bonds. The smallest absolute Gasteiger partial charge is 0.123 e. The minimum atomic E-state index is 0.380. The van der Waals surface area contributed by atoms with Gasteiger partial charge in [-0.25, -0.2) is 0 Å². The summed E-state index contributed by atoms with van der Waals surface area (Å²) < 4.78 is 0. The third kappa shape index (κ3) is 1.20. The van der Waals surface area contributed by atoms with E-state index in [1.54, 1.807) is 0 Å². The van der Waals surface area contributed by atoms with E-state index in [1.165, 1.54) is 5.75 Å². The molecule has 2 heteroatoms. The molecule has 0 saturated carbocycles. The van der Waals surface area contributed by atoms with Crippen LogP contribution in [-0.4, -0.2) is 17.8 Å². The summed E-state index contributed by atoms with van der Waals surface area (Å²) >= 11 is 1.88. The van der Waals surface area contributed by atoms with Gasteiger partial charge in [-0.3, -0.25) is 0 Å². The summed E-state index contributed by atoms with van der Waals surface area (Å²) in [6.45, 7) is 0. The van der Waals surface area contributed by atoms with Crippen LogP contribution in [0, 0.1) is 5.92 Å². The van der Waals surface area contributed by atoms with E-state index in [-0.39, 0.29) is 0 Å². The number of aldehydes is 1. The second kappa shape index (κ2) is 2.36. The molecule has 0 aromatic carbocycles. The molecular formula is C5H8OS. The van der Waals surface area contributed by atoms with Crippen molar-refractivity contribution in [1.29, 1.82) is 0 Å². The second-order valence-corrected chi connectivity index (χ2v) is 2.91. The maximum absolute atomic E-state index is 9.99. The first-order valence-electron chi connectivity index (χ1n) is 2.46. The molecule has 0 spiro atoms. The summed E-state index contributed by atoms with van der Waals surface area (Å²) in [5.41, 5.74) is 0. The van der Waals surface area contributed by atoms with Crippen LogP contribution in [-0.2, 0) is 4.79 Å². The summed E-state index contributed by atoms with van der Waals surface area (Å²) in [7, 11) is 0. The van der Waals surface area contributed by atoms with Crippen molar-refractivity contribution in [2.45, 2.75) is 6.42 Å². The van der Waals surface area contributed by atoms with Crippen LogP contribution in [0.1, 0.15) is 6.42 Å². The lowest BCUT2D eigenvalue weighted by molar-refractivity contribution is -0.110. The Balaban J connectivity index is 2.26. The first-order chi connectivity index (χ1) is 3.43. The third-order valence-electron chi connectivity index (χ3n) is 1.16. The van der Waals surface area contributed by atoms with E-state index in [1.807, 2.05) is 11.8 Å². The SMILES string of the molecule is O=CC1CCSC1. The highest BCUT2D eigenvalue weighted by Gasteiger charge is 2.12. The molecule has 7 heavy (non-hydrogen) atoms. The van der Waals surface area contributed by atoms with E-state index < -0.39 is 0 Å². The molecule has 0 N–H and O–H groups in total. The van der Waals surface area contributed by atoms with Gasteiger partial charge in [0.1, 0.15) is 6.29 Å². The molecule has 1 rings (SSSR count). The van der Waals surface area contributed by atoms with Crippen LogP contribution >= 0.6 is 11.8 Å². The number of hydrogen-bond acceptors (Lipinski definition) is 2. The van der Waals surface area contributed by atoms with Gasteiger partial charge in [0, 0.05) is 11.7 Å². The Morgan fingerprint density at radius 2 is 2.57 bits per heavy atom. The minimum Gasteiger partial charge on any atom is -0.303 e. The summed E-state index contributed by atoms with van der Waals surface area (Å²) in [5, 5.41) is 0. The first-order valence-corrected chi connectivity index (χ1v) is 3.62. The van der Waals surface area contributed by atoms with Gasteiger partial charge in [-0.15, -0.1) is 0 Å². The molecule has 1 atom stereocenters. The Bertz CT molecular complexity index is 66.5. The van der Waals surface area contributed by atoms with Crippen LogP contribution in [0.5, 0.6) is 0 Å². The Hall–Kier alpha value is 0.0200. The van der Waals surface area contributed by atoms with Gasteiger partial charge in [-0.1, -0.05) is 0 Å². The summed E-state index contributed by atoms with van der Waals surface area (Å²) in [4.78, 5) is 9.99. The molecule has 0 radical (unpaired) electrons. The van der Waals surface area contributed by atoms with Crippen LogP contribution in [0.3, 0.4) is 0 Å². The van der Waals surface area contributed by atoms with Gasteiger partial charge in [0.15, 0.2) is 0 Å². The van der Waals surface area contributed by atoms with Crippen molar-refractivity contribution in [1.82, 2.24) is 0 Å². The van der Waals surface area contributed by atoms with Gasteiger partial charge in [0.2, 0.25) is 0 Å². The van der Waals surface area contributed by atoms with Gasteiger partial charge < -0.3 is 4.79 Å². The average molecular weight is 116 g/mol. The average Bonchev–Trinajstić information content (AvgIpc) is 2.14. The van der Waals surface area contributed by atoms with Gasteiger partial charge in [0.05, 0.1) is 0 Å². The van der Waals surface area contributed by atoms with Crippen molar-refractivity contribution < 1.29 is 4.79 Å². The Labute approximate surface area is 47.5 Å². The normalized spacial score (nSPS) is 30.6. The monoisotopic (exact) mass is 116 g/mol. The highest BCUT2D eigenvalue weighted by Crippen LogP contribution is 2.20. The standard InChI is InChI=1S/C5H8OS/c6-3-5-1-2-7-4-5/h3,5H,1-2,4H2. The molecule has 1 nitrogen and oxygen atoms in total. The maximum Gasteiger partial charge on any atom is 0.123 e. The van der Waals surface area contributed by atoms with Crippen LogP contribution in [0.15, 0.2) is 0 Å². The zero-order valence-electron chi connectivity index (χ0n) is 4.09. The predicted octanol–water partition coefficient (Wildman–Crippen LogP) is 0.938. The fourth-order valence-electron chi connectivity index (χ4n) is 0.660. The minimum absolute atomic E-state index is 0.380. The van der Waals surface area contributed by atoms with E-state index in [4.69, 9.17) is 0 Å². The van der Waals surface area contributed by atoms with Gasteiger partial charge in [-0.2, -0.15) is 11.8 Å². The van der Waals surface area contributed by atoms with Gasteiger partial charge in [-0.05, 0) is 12.2 Å². The lowest BCUT2D eigenvalue weighted by Crippen LogP contribution is -1.96. The molecule has 1 unspecified atom stereocenters. The van der Waals surface area contributed by atoms with Crippen molar-refractivity contribution in [3.05, 3.63) is 0 Å². The molecule has 0 aromatic rings. The van der Waals surface area contributed by atoms with Crippen molar-refractivity contribution >= 4 is 18.0 Å². The largest absolute Gasteiger partial charge is 0.303 e. The fourth-order valence-corrected chi connectivity index (χ4v) is 1.84. The van der Waals surface area contributed by atoms with Crippen LogP contribution < -0.4 is 0 Å². The van der Waals surface area contributed by atoms with Crippen LogP contribution in [0.25, 0.3) is 0 Å². The second-order valence-electron chi connectivity index (χ2n) is 1.76. The molecule has 1 saturated heterocycles. The lowest BCUT2D eigenvalue weighted by Gasteiger charge is -1.89. The highest BCUT2D eigenvalue weighted by molar-refractivity contribution is 7.99. The topological polar surface area (TPSA) is 17.1 Å². The van der Waals surface area contributed by atoms with E-state index in [0.717, 1.165) is 18.5 Å². The Morgan fingerprint density at radius 1 is 1.71 bits per heavy atom. The van der Waals surface area contributed by atoms with Gasteiger partial charge >= 0.3 is 0 Å². The first kappa shape index (κ1) is 5.16. The quantitative estimate of drug-likeness (QED) is 0.474. The van der Waals surface area contributed by atoms with Crippen molar-refractivity contribution in [3.63, 3.8) is 0 Å². The van der Waals surface area contributed by atoms with E-state index >= 15 is 0 Å². The zero-order valence-corrected chi connectivity index (χ0v) is 4.91. The molecular weight excluding hydrogens is 108 g/mol. The third-order valence-corrected chi connectivity index (χ3v) is 2.35. The summed E-state index contributed by atoms with van der Waals surface area (Å²) in [6, 6.07) is 0. The van der Waals surface area contributed by atoms with Crippen molar-refractivity contribution in [2.75, 3.05) is 11.5 Å². The molecule has 1 aliphatic rings. The molecule has 0 aromatic heterocycles. The zero-order chi connectivity index (χ0) is 5.11. The number of hydrogen-bond donors (Lipinski definition) is 0. The van der Waals surface area contributed by atoms with Crippen molar-refractivity contribution in [2.24, 2.45) is 5.92 Å². The summed E-state index contributed by atoms with van der Waals surface area (Å²) in [6.07, 6.45) is 2.17. The summed E-state index contributed by atoms with van der Waals surface area (Å²) in [5.74, 6) is 2.62. The molecule has 40 valence electrons. The van der Waals surface area contributed by atoms with E-state index in [0.29, 0.717) is 5.92 Å². The van der Waals surface area contributed by atoms with Crippen molar-refractivity contribution in [3.8, 4) is 0 Å². The fraction of sp³-hybridized carbons (Fsp3) is 0.800. The Kier molecular flexibility index (Phi) is 1.74. The molecule has 0 aliphatic carbocycles.